The fraction of sp³-hybridized carbons (Fsp3) is 0.688. The Morgan fingerprint density at radius 3 is 2.35 bits per heavy atom. The summed E-state index contributed by atoms with van der Waals surface area (Å²) in [5.41, 5.74) is 2.04. The summed E-state index contributed by atoms with van der Waals surface area (Å²) in [5.74, 6) is 0.856. The van der Waals surface area contributed by atoms with Crippen LogP contribution in [0.1, 0.15) is 44.5 Å². The van der Waals surface area contributed by atoms with Crippen LogP contribution in [0.5, 0.6) is 5.75 Å². The molecule has 0 amide bonds. The highest BCUT2D eigenvalue weighted by molar-refractivity contribution is 5.41. The number of rotatable bonds is 5. The van der Waals surface area contributed by atoms with Gasteiger partial charge in [0.1, 0.15) is 5.75 Å². The van der Waals surface area contributed by atoms with Gasteiger partial charge in [0.2, 0.25) is 0 Å². The van der Waals surface area contributed by atoms with Crippen molar-refractivity contribution in [3.05, 3.63) is 23.0 Å². The van der Waals surface area contributed by atoms with Gasteiger partial charge in [-0.3, -0.25) is 4.98 Å². The van der Waals surface area contributed by atoms with Crippen LogP contribution in [0, 0.1) is 13.8 Å². The summed E-state index contributed by atoms with van der Waals surface area (Å²) in [7, 11) is 1.67. The predicted octanol–water partition coefficient (Wildman–Crippen LogP) is 2.39. The molecule has 0 aliphatic heterocycles. The third-order valence-electron chi connectivity index (χ3n) is 3.30. The number of methoxy groups -OCH3 is 1. The van der Waals surface area contributed by atoms with Crippen molar-refractivity contribution in [1.82, 2.24) is 10.3 Å². The molecule has 114 valence electrons. The summed E-state index contributed by atoms with van der Waals surface area (Å²) in [6.45, 7) is 12.6. The van der Waals surface area contributed by atoms with E-state index >= 15 is 0 Å². The average Bonchev–Trinajstić information content (AvgIpc) is 2.31. The number of β-amino-alcohol motifs (C(OH)–C–C–N with tert-alkyl or cyclic N) is 1. The van der Waals surface area contributed by atoms with E-state index in [0.29, 0.717) is 13.0 Å². The lowest BCUT2D eigenvalue weighted by molar-refractivity contribution is 0.0523. The third kappa shape index (κ3) is 4.76. The molecule has 20 heavy (non-hydrogen) atoms. The molecule has 0 saturated heterocycles. The largest absolute Gasteiger partial charge is 0.496 e. The van der Waals surface area contributed by atoms with Crippen molar-refractivity contribution in [3.8, 4) is 5.75 Å². The highest BCUT2D eigenvalue weighted by Gasteiger charge is 2.25. The second kappa shape index (κ2) is 6.10. The summed E-state index contributed by atoms with van der Waals surface area (Å²) in [5, 5.41) is 13.9. The maximum Gasteiger partial charge on any atom is 0.128 e. The van der Waals surface area contributed by atoms with Crippen LogP contribution >= 0.6 is 0 Å². The zero-order valence-corrected chi connectivity index (χ0v) is 13.8. The molecule has 4 heteroatoms. The second-order valence-electron chi connectivity index (χ2n) is 6.82. The molecule has 0 fully saturated rings. The van der Waals surface area contributed by atoms with Gasteiger partial charge in [-0.25, -0.2) is 0 Å². The van der Waals surface area contributed by atoms with E-state index in [1.54, 1.807) is 13.3 Å². The van der Waals surface area contributed by atoms with Crippen molar-refractivity contribution in [1.29, 1.82) is 0 Å². The molecule has 0 aliphatic rings. The standard InChI is InChI=1S/C16H28N2O2/c1-11-9-17-13(12(2)14(11)20-7)8-16(6,19)10-18-15(3,4)5/h9,18-19H,8,10H2,1-7H3. The van der Waals surface area contributed by atoms with Gasteiger partial charge in [-0.1, -0.05) is 0 Å². The van der Waals surface area contributed by atoms with Crippen LogP contribution in [-0.4, -0.2) is 34.9 Å². The van der Waals surface area contributed by atoms with Gasteiger partial charge in [0.05, 0.1) is 12.7 Å². The van der Waals surface area contributed by atoms with Crippen LogP contribution < -0.4 is 10.1 Å². The number of aliphatic hydroxyl groups is 1. The molecule has 4 nitrogen and oxygen atoms in total. The SMILES string of the molecule is COc1c(C)cnc(CC(C)(O)CNC(C)(C)C)c1C. The van der Waals surface area contributed by atoms with Crippen molar-refractivity contribution in [2.24, 2.45) is 0 Å². The number of hydrogen-bond acceptors (Lipinski definition) is 4. The Hall–Kier alpha value is -1.13. The molecular formula is C16H28N2O2. The zero-order valence-electron chi connectivity index (χ0n) is 13.8. The van der Waals surface area contributed by atoms with Gasteiger partial charge >= 0.3 is 0 Å². The van der Waals surface area contributed by atoms with Gasteiger partial charge in [0.15, 0.2) is 0 Å². The molecule has 0 spiro atoms. The molecular weight excluding hydrogens is 252 g/mol. The molecule has 1 unspecified atom stereocenters. The van der Waals surface area contributed by atoms with Crippen molar-refractivity contribution >= 4 is 0 Å². The number of nitrogens with one attached hydrogen (secondary N) is 1. The van der Waals surface area contributed by atoms with E-state index in [0.717, 1.165) is 22.6 Å². The zero-order chi connectivity index (χ0) is 15.6. The summed E-state index contributed by atoms with van der Waals surface area (Å²) in [6.07, 6.45) is 2.30. The molecule has 0 saturated carbocycles. The Labute approximate surface area is 122 Å². The molecule has 1 rings (SSSR count). The minimum absolute atomic E-state index is 0.0164. The molecule has 0 aliphatic carbocycles. The molecule has 0 aromatic carbocycles. The quantitative estimate of drug-likeness (QED) is 0.869. The highest BCUT2D eigenvalue weighted by Crippen LogP contribution is 2.26. The monoisotopic (exact) mass is 280 g/mol. The molecule has 1 aromatic heterocycles. The Morgan fingerprint density at radius 1 is 1.25 bits per heavy atom. The molecule has 0 radical (unpaired) electrons. The fourth-order valence-corrected chi connectivity index (χ4v) is 2.13. The maximum atomic E-state index is 10.5. The lowest BCUT2D eigenvalue weighted by Crippen LogP contribution is -2.47. The van der Waals surface area contributed by atoms with Crippen LogP contribution in [-0.2, 0) is 6.42 Å². The van der Waals surface area contributed by atoms with Crippen LogP contribution in [0.4, 0.5) is 0 Å². The van der Waals surface area contributed by atoms with Crippen LogP contribution in [0.25, 0.3) is 0 Å². The summed E-state index contributed by atoms with van der Waals surface area (Å²) < 4.78 is 5.41. The van der Waals surface area contributed by atoms with E-state index in [1.165, 1.54) is 0 Å². The minimum atomic E-state index is -0.842. The first-order valence-electron chi connectivity index (χ1n) is 7.02. The molecule has 0 bridgehead atoms. The Balaban J connectivity index is 2.87. The summed E-state index contributed by atoms with van der Waals surface area (Å²) >= 11 is 0. The van der Waals surface area contributed by atoms with E-state index in [1.807, 2.05) is 20.8 Å². The van der Waals surface area contributed by atoms with Crippen LogP contribution in [0.15, 0.2) is 6.20 Å². The van der Waals surface area contributed by atoms with Crippen molar-refractivity contribution in [3.63, 3.8) is 0 Å². The Bertz CT molecular complexity index is 462. The van der Waals surface area contributed by atoms with E-state index in [9.17, 15) is 5.11 Å². The number of nitrogens with zero attached hydrogens (tertiary/aromatic N) is 1. The van der Waals surface area contributed by atoms with Gasteiger partial charge in [-0.15, -0.1) is 0 Å². The lowest BCUT2D eigenvalue weighted by atomic mass is 9.95. The fourth-order valence-electron chi connectivity index (χ4n) is 2.13. The molecule has 2 N–H and O–H groups in total. The number of pyridine rings is 1. The van der Waals surface area contributed by atoms with Crippen molar-refractivity contribution in [2.45, 2.75) is 59.1 Å². The minimum Gasteiger partial charge on any atom is -0.496 e. The van der Waals surface area contributed by atoms with E-state index in [4.69, 9.17) is 4.74 Å². The van der Waals surface area contributed by atoms with Crippen molar-refractivity contribution in [2.75, 3.05) is 13.7 Å². The van der Waals surface area contributed by atoms with Gasteiger partial charge < -0.3 is 15.2 Å². The number of aryl methyl sites for hydroxylation is 1. The number of ether oxygens (including phenoxy) is 1. The second-order valence-corrected chi connectivity index (χ2v) is 6.82. The molecule has 1 atom stereocenters. The molecule has 1 aromatic rings. The van der Waals surface area contributed by atoms with Gasteiger partial charge in [0, 0.05) is 41.5 Å². The third-order valence-corrected chi connectivity index (χ3v) is 3.30. The van der Waals surface area contributed by atoms with E-state index in [-0.39, 0.29) is 5.54 Å². The van der Waals surface area contributed by atoms with Gasteiger partial charge in [-0.05, 0) is 41.5 Å². The van der Waals surface area contributed by atoms with Gasteiger partial charge in [-0.2, -0.15) is 0 Å². The van der Waals surface area contributed by atoms with E-state index < -0.39 is 5.60 Å². The summed E-state index contributed by atoms with van der Waals surface area (Å²) in [6, 6.07) is 0. The first-order valence-corrected chi connectivity index (χ1v) is 7.02. The smallest absolute Gasteiger partial charge is 0.128 e. The highest BCUT2D eigenvalue weighted by atomic mass is 16.5. The van der Waals surface area contributed by atoms with Crippen molar-refractivity contribution < 1.29 is 9.84 Å². The number of aromatic nitrogens is 1. The van der Waals surface area contributed by atoms with Crippen LogP contribution in [0.3, 0.4) is 0 Å². The Kier molecular flexibility index (Phi) is 5.16. The maximum absolute atomic E-state index is 10.5. The first-order chi connectivity index (χ1) is 9.06. The van der Waals surface area contributed by atoms with Gasteiger partial charge in [0.25, 0.3) is 0 Å². The summed E-state index contributed by atoms with van der Waals surface area (Å²) in [4.78, 5) is 4.45. The predicted molar refractivity (Wildman–Crippen MR) is 82.3 cm³/mol. The Morgan fingerprint density at radius 2 is 1.85 bits per heavy atom. The first kappa shape index (κ1) is 16.9. The lowest BCUT2D eigenvalue weighted by Gasteiger charge is -2.29. The van der Waals surface area contributed by atoms with Crippen LogP contribution in [0.2, 0.25) is 0 Å². The normalized spacial score (nSPS) is 15.0. The topological polar surface area (TPSA) is 54.4 Å². The number of hydrogen-bond donors (Lipinski definition) is 2. The van der Waals surface area contributed by atoms with E-state index in [2.05, 4.69) is 31.1 Å². The average molecular weight is 280 g/mol. The molecule has 1 heterocycles.